The van der Waals surface area contributed by atoms with Gasteiger partial charge < -0.3 is 9.32 Å². The molecule has 0 fully saturated rings. The Bertz CT molecular complexity index is 2390. The molecule has 0 N–H and O–H groups in total. The average molecular weight is 542 g/mol. The maximum atomic E-state index is 9.33. The van der Waals surface area contributed by atoms with Crippen LogP contribution >= 0.6 is 0 Å². The highest BCUT2D eigenvalue weighted by Crippen LogP contribution is 2.43. The van der Waals surface area contributed by atoms with Gasteiger partial charge in [-0.1, -0.05) is 121 Å². The fraction of sp³-hybridized carbons (Fsp3) is 0. The summed E-state index contributed by atoms with van der Waals surface area (Å²) < 4.78 is 43.1. The van der Waals surface area contributed by atoms with Gasteiger partial charge in [-0.3, -0.25) is 0 Å². The molecule has 8 rings (SSSR count). The molecule has 0 aliphatic carbocycles. The van der Waals surface area contributed by atoms with Crippen LogP contribution in [-0.2, 0) is 0 Å². The van der Waals surface area contributed by atoms with E-state index in [1.54, 1.807) is 0 Å². The zero-order valence-electron chi connectivity index (χ0n) is 26.6. The van der Waals surface area contributed by atoms with Crippen molar-refractivity contribution in [1.82, 2.24) is 0 Å². The third kappa shape index (κ3) is 4.13. The first kappa shape index (κ1) is 20.3. The summed E-state index contributed by atoms with van der Waals surface area (Å²) in [5.41, 5.74) is 6.07. The van der Waals surface area contributed by atoms with E-state index in [9.17, 15) is 2.74 Å². The number of benzene rings is 7. The SMILES string of the molecule is [2H]c1c([2H])c(N(c2ccc3c(c2)oc2ccccc23)c2ccc(-c3ccccc3)c3ccccc23)c([2H])c([2H])c1-c1ccccc1. The highest BCUT2D eigenvalue weighted by Gasteiger charge is 2.19. The summed E-state index contributed by atoms with van der Waals surface area (Å²) in [6.07, 6.45) is 0. The Morgan fingerprint density at radius 1 is 0.429 bits per heavy atom. The van der Waals surface area contributed by atoms with Crippen molar-refractivity contribution < 1.29 is 9.90 Å². The minimum absolute atomic E-state index is 0.0952. The van der Waals surface area contributed by atoms with Crippen molar-refractivity contribution in [2.24, 2.45) is 0 Å². The van der Waals surface area contributed by atoms with Gasteiger partial charge in [0.2, 0.25) is 0 Å². The Labute approximate surface area is 250 Å². The van der Waals surface area contributed by atoms with Gasteiger partial charge in [0.05, 0.1) is 11.2 Å². The van der Waals surface area contributed by atoms with Crippen LogP contribution in [0, 0.1) is 0 Å². The lowest BCUT2D eigenvalue weighted by molar-refractivity contribution is 0.669. The molecule has 42 heavy (non-hydrogen) atoms. The molecule has 0 radical (unpaired) electrons. The Morgan fingerprint density at radius 3 is 1.81 bits per heavy atom. The minimum Gasteiger partial charge on any atom is -0.456 e. The Kier molecular flexibility index (Phi) is 4.88. The largest absolute Gasteiger partial charge is 0.456 e. The van der Waals surface area contributed by atoms with Gasteiger partial charge in [0.25, 0.3) is 0 Å². The van der Waals surface area contributed by atoms with Crippen LogP contribution in [0.15, 0.2) is 168 Å². The molecule has 0 aliphatic rings. The van der Waals surface area contributed by atoms with E-state index in [1.165, 1.54) is 0 Å². The van der Waals surface area contributed by atoms with Gasteiger partial charge in [-0.05, 0) is 64.0 Å². The molecule has 1 aromatic heterocycles. The first-order chi connectivity index (χ1) is 22.5. The number of hydrogen-bond donors (Lipinski definition) is 0. The number of anilines is 3. The van der Waals surface area contributed by atoms with Crippen molar-refractivity contribution in [3.8, 4) is 22.3 Å². The van der Waals surface area contributed by atoms with Gasteiger partial charge in [-0.15, -0.1) is 0 Å². The molecule has 0 unspecified atom stereocenters. The molecule has 0 spiro atoms. The number of rotatable bonds is 5. The fourth-order valence-electron chi connectivity index (χ4n) is 5.76. The predicted octanol–water partition coefficient (Wildman–Crippen LogP) is 11.5. The van der Waals surface area contributed by atoms with Crippen molar-refractivity contribution in [2.75, 3.05) is 4.90 Å². The van der Waals surface area contributed by atoms with Crippen LogP contribution in [0.4, 0.5) is 17.1 Å². The summed E-state index contributed by atoms with van der Waals surface area (Å²) in [5.74, 6) is 0. The van der Waals surface area contributed by atoms with E-state index in [2.05, 4.69) is 24.3 Å². The highest BCUT2D eigenvalue weighted by molar-refractivity contribution is 6.08. The number of para-hydroxylation sites is 1. The molecule has 1 heterocycles. The van der Waals surface area contributed by atoms with Crippen LogP contribution in [0.5, 0.6) is 0 Å². The zero-order valence-corrected chi connectivity index (χ0v) is 22.6. The van der Waals surface area contributed by atoms with Crippen molar-refractivity contribution in [2.45, 2.75) is 0 Å². The Balaban J connectivity index is 1.43. The van der Waals surface area contributed by atoms with Crippen LogP contribution in [0.2, 0.25) is 0 Å². The third-order valence-corrected chi connectivity index (χ3v) is 7.75. The zero-order chi connectivity index (χ0) is 31.4. The summed E-state index contributed by atoms with van der Waals surface area (Å²) in [4.78, 5) is 1.85. The number of furan rings is 1. The Morgan fingerprint density at radius 2 is 1.05 bits per heavy atom. The summed E-state index contributed by atoms with van der Waals surface area (Å²) >= 11 is 0. The molecule has 8 aromatic rings. The number of fused-ring (bicyclic) bond motifs is 4. The standard InChI is InChI=1S/C40H27NO/c1-3-11-28(12-4-1)29-19-21-31(22-20-29)41(32-23-24-37-36-17-9-10-18-39(36)42-40(37)27-32)38-26-25-33(30-13-5-2-6-14-30)34-15-7-8-16-35(34)38/h1-27H/i19D,20D,21D,22D. The van der Waals surface area contributed by atoms with E-state index >= 15 is 0 Å². The average Bonchev–Trinajstić information content (AvgIpc) is 3.48. The number of hydrogen-bond acceptors (Lipinski definition) is 2. The van der Waals surface area contributed by atoms with Gasteiger partial charge in [-0.2, -0.15) is 0 Å². The van der Waals surface area contributed by atoms with E-state index in [0.29, 0.717) is 16.8 Å². The molecule has 0 bridgehead atoms. The van der Waals surface area contributed by atoms with E-state index < -0.39 is 0 Å². The monoisotopic (exact) mass is 541 g/mol. The van der Waals surface area contributed by atoms with Crippen molar-refractivity contribution in [3.05, 3.63) is 164 Å². The highest BCUT2D eigenvalue weighted by atomic mass is 16.3. The lowest BCUT2D eigenvalue weighted by atomic mass is 9.96. The smallest absolute Gasteiger partial charge is 0.137 e. The molecule has 2 nitrogen and oxygen atoms in total. The first-order valence-corrected chi connectivity index (χ1v) is 14.0. The maximum Gasteiger partial charge on any atom is 0.137 e. The second kappa shape index (κ2) is 10.1. The van der Waals surface area contributed by atoms with E-state index in [0.717, 1.165) is 43.9 Å². The molecule has 0 saturated carbocycles. The number of nitrogens with zero attached hydrogens (tertiary/aromatic N) is 1. The fourth-order valence-corrected chi connectivity index (χ4v) is 5.76. The van der Waals surface area contributed by atoms with Crippen molar-refractivity contribution in [1.29, 1.82) is 0 Å². The van der Waals surface area contributed by atoms with E-state index in [4.69, 9.17) is 7.16 Å². The van der Waals surface area contributed by atoms with E-state index in [1.807, 2.05) is 120 Å². The maximum absolute atomic E-state index is 9.33. The van der Waals surface area contributed by atoms with Crippen molar-refractivity contribution >= 4 is 49.8 Å². The van der Waals surface area contributed by atoms with Crippen LogP contribution in [0.25, 0.3) is 55.0 Å². The summed E-state index contributed by atoms with van der Waals surface area (Å²) in [5, 5.41) is 3.89. The van der Waals surface area contributed by atoms with Gasteiger partial charge in [-0.25, -0.2) is 0 Å². The lowest BCUT2D eigenvalue weighted by Gasteiger charge is -2.27. The summed E-state index contributed by atoms with van der Waals surface area (Å²) in [6, 6.07) is 44.9. The van der Waals surface area contributed by atoms with Gasteiger partial charge in [0, 0.05) is 33.6 Å². The molecule has 0 saturated heterocycles. The van der Waals surface area contributed by atoms with Crippen LogP contribution in [0.3, 0.4) is 0 Å². The second-order valence-corrected chi connectivity index (χ2v) is 10.2. The van der Waals surface area contributed by atoms with E-state index in [-0.39, 0.29) is 35.4 Å². The molecule has 2 heteroatoms. The summed E-state index contributed by atoms with van der Waals surface area (Å²) in [6.45, 7) is 0. The molecule has 0 aliphatic heterocycles. The topological polar surface area (TPSA) is 16.4 Å². The van der Waals surface area contributed by atoms with Gasteiger partial charge >= 0.3 is 0 Å². The van der Waals surface area contributed by atoms with Crippen LogP contribution in [0.1, 0.15) is 5.48 Å². The van der Waals surface area contributed by atoms with Crippen LogP contribution in [-0.4, -0.2) is 0 Å². The van der Waals surface area contributed by atoms with Crippen molar-refractivity contribution in [3.63, 3.8) is 0 Å². The first-order valence-electron chi connectivity index (χ1n) is 16.0. The molecule has 0 amide bonds. The van der Waals surface area contributed by atoms with Crippen LogP contribution < -0.4 is 4.90 Å². The quantitative estimate of drug-likeness (QED) is 0.215. The molecular weight excluding hydrogens is 510 g/mol. The molecule has 0 atom stereocenters. The summed E-state index contributed by atoms with van der Waals surface area (Å²) in [7, 11) is 0. The van der Waals surface area contributed by atoms with Gasteiger partial charge in [0.1, 0.15) is 11.2 Å². The second-order valence-electron chi connectivity index (χ2n) is 10.2. The molecule has 198 valence electrons. The Hall–Kier alpha value is -5.60. The van der Waals surface area contributed by atoms with Gasteiger partial charge in [0.15, 0.2) is 0 Å². The molecular formula is C40H27NO. The molecule has 7 aromatic carbocycles. The lowest BCUT2D eigenvalue weighted by Crippen LogP contribution is -2.10. The minimum atomic E-state index is -0.124. The normalized spacial score (nSPS) is 12.7. The third-order valence-electron chi connectivity index (χ3n) is 7.75. The predicted molar refractivity (Wildman–Crippen MR) is 177 cm³/mol.